The van der Waals surface area contributed by atoms with Crippen LogP contribution in [0.4, 0.5) is 4.79 Å². The number of hydrogen-bond acceptors (Lipinski definition) is 4. The van der Waals surface area contributed by atoms with Gasteiger partial charge in [0.05, 0.1) is 12.2 Å². The summed E-state index contributed by atoms with van der Waals surface area (Å²) in [6.45, 7) is 1.69. The first-order chi connectivity index (χ1) is 15.7. The first kappa shape index (κ1) is 23.1. The second-order valence-corrected chi connectivity index (χ2v) is 7.51. The summed E-state index contributed by atoms with van der Waals surface area (Å²) in [6, 6.07) is 28.5. The first-order valence-electron chi connectivity index (χ1n) is 10.9. The zero-order valence-corrected chi connectivity index (χ0v) is 18.2. The summed E-state index contributed by atoms with van der Waals surface area (Å²) in [5.41, 5.74) is 2.57. The van der Waals surface area contributed by atoms with Gasteiger partial charge in [0.2, 0.25) is 0 Å². The Bertz CT molecular complexity index is 945. The monoisotopic (exact) mass is 431 g/mol. The molecule has 5 nitrogen and oxygen atoms in total. The predicted molar refractivity (Wildman–Crippen MR) is 124 cm³/mol. The molecule has 1 amide bonds. The molecule has 0 aliphatic heterocycles. The average molecular weight is 432 g/mol. The summed E-state index contributed by atoms with van der Waals surface area (Å²) in [6.07, 6.45) is 2.07. The van der Waals surface area contributed by atoms with Crippen molar-refractivity contribution in [1.29, 1.82) is 0 Å². The normalized spacial score (nSPS) is 10.4. The molecule has 166 valence electrons. The number of amides is 1. The predicted octanol–water partition coefficient (Wildman–Crippen LogP) is 5.85. The topological polar surface area (TPSA) is 55.8 Å². The zero-order valence-electron chi connectivity index (χ0n) is 18.2. The highest BCUT2D eigenvalue weighted by atomic mass is 16.6. The van der Waals surface area contributed by atoms with Crippen LogP contribution in [-0.2, 0) is 22.6 Å². The maximum absolute atomic E-state index is 12.7. The van der Waals surface area contributed by atoms with Gasteiger partial charge in [0.1, 0.15) is 6.61 Å². The van der Waals surface area contributed by atoms with Crippen molar-refractivity contribution >= 4 is 12.1 Å². The standard InChI is InChI=1S/C27H29NO4/c29-26(25-17-9-3-10-18-25)31-20-12-4-11-19-28(21-23-13-5-1-6-14-23)27(30)32-22-24-15-7-2-8-16-24/h1-3,5-10,13-18H,4,11-12,19-22H2. The molecule has 3 aromatic carbocycles. The maximum atomic E-state index is 12.7. The average Bonchev–Trinajstić information content (AvgIpc) is 2.85. The molecule has 0 unspecified atom stereocenters. The molecule has 0 saturated heterocycles. The number of esters is 1. The fraction of sp³-hybridized carbons (Fsp3) is 0.259. The minimum absolute atomic E-state index is 0.250. The number of carbonyl (C=O) groups excluding carboxylic acids is 2. The van der Waals surface area contributed by atoms with E-state index < -0.39 is 0 Å². The molecule has 0 bridgehead atoms. The van der Waals surface area contributed by atoms with Crippen LogP contribution < -0.4 is 0 Å². The summed E-state index contributed by atoms with van der Waals surface area (Å²) in [5.74, 6) is -0.305. The Morgan fingerprint density at radius 3 is 1.91 bits per heavy atom. The van der Waals surface area contributed by atoms with Gasteiger partial charge in [0.15, 0.2) is 0 Å². The van der Waals surface area contributed by atoms with E-state index in [2.05, 4.69) is 0 Å². The Kier molecular flexibility index (Phi) is 9.34. The molecule has 0 aliphatic rings. The Hall–Kier alpha value is -3.60. The smallest absolute Gasteiger partial charge is 0.410 e. The van der Waals surface area contributed by atoms with E-state index in [0.29, 0.717) is 25.3 Å². The first-order valence-corrected chi connectivity index (χ1v) is 10.9. The minimum Gasteiger partial charge on any atom is -0.462 e. The fourth-order valence-electron chi connectivity index (χ4n) is 3.25. The van der Waals surface area contributed by atoms with Crippen LogP contribution in [0.3, 0.4) is 0 Å². The lowest BCUT2D eigenvalue weighted by molar-refractivity contribution is 0.0497. The van der Waals surface area contributed by atoms with Crippen molar-refractivity contribution in [1.82, 2.24) is 4.90 Å². The molecule has 32 heavy (non-hydrogen) atoms. The van der Waals surface area contributed by atoms with E-state index in [1.807, 2.05) is 78.9 Å². The Balaban J connectivity index is 1.43. The number of hydrogen-bond donors (Lipinski definition) is 0. The molecule has 0 radical (unpaired) electrons. The lowest BCUT2D eigenvalue weighted by Crippen LogP contribution is -2.32. The van der Waals surface area contributed by atoms with Crippen LogP contribution in [0.5, 0.6) is 0 Å². The van der Waals surface area contributed by atoms with E-state index >= 15 is 0 Å². The third-order valence-corrected chi connectivity index (χ3v) is 4.99. The van der Waals surface area contributed by atoms with Gasteiger partial charge in [-0.15, -0.1) is 0 Å². The quantitative estimate of drug-likeness (QED) is 0.282. The number of benzene rings is 3. The van der Waals surface area contributed by atoms with Crippen LogP contribution in [0.2, 0.25) is 0 Å². The summed E-state index contributed by atoms with van der Waals surface area (Å²) in [5, 5.41) is 0. The second-order valence-electron chi connectivity index (χ2n) is 7.51. The molecule has 0 fully saturated rings. The van der Waals surface area contributed by atoms with Gasteiger partial charge in [-0.3, -0.25) is 0 Å². The van der Waals surface area contributed by atoms with Crippen LogP contribution in [0, 0.1) is 0 Å². The Morgan fingerprint density at radius 2 is 1.25 bits per heavy atom. The summed E-state index contributed by atoms with van der Waals surface area (Å²) in [4.78, 5) is 26.4. The van der Waals surface area contributed by atoms with E-state index in [9.17, 15) is 9.59 Å². The molecule has 3 aromatic rings. The van der Waals surface area contributed by atoms with Crippen molar-refractivity contribution < 1.29 is 19.1 Å². The SMILES string of the molecule is O=C(OCCCCCN(Cc1ccccc1)C(=O)OCc1ccccc1)c1ccccc1. The molecular formula is C27H29NO4. The maximum Gasteiger partial charge on any atom is 0.410 e. The van der Waals surface area contributed by atoms with Gasteiger partial charge < -0.3 is 14.4 Å². The molecule has 0 aromatic heterocycles. The third-order valence-electron chi connectivity index (χ3n) is 4.99. The lowest BCUT2D eigenvalue weighted by atomic mass is 10.2. The highest BCUT2D eigenvalue weighted by molar-refractivity contribution is 5.89. The summed E-state index contributed by atoms with van der Waals surface area (Å²) < 4.78 is 10.9. The summed E-state index contributed by atoms with van der Waals surface area (Å²) >= 11 is 0. The van der Waals surface area contributed by atoms with Crippen molar-refractivity contribution in [3.63, 3.8) is 0 Å². The van der Waals surface area contributed by atoms with Crippen molar-refractivity contribution in [3.05, 3.63) is 108 Å². The number of nitrogens with zero attached hydrogens (tertiary/aromatic N) is 1. The lowest BCUT2D eigenvalue weighted by Gasteiger charge is -2.22. The van der Waals surface area contributed by atoms with E-state index in [-0.39, 0.29) is 18.7 Å². The molecule has 5 heteroatoms. The van der Waals surface area contributed by atoms with Crippen molar-refractivity contribution in [3.8, 4) is 0 Å². The van der Waals surface area contributed by atoms with Crippen molar-refractivity contribution in [2.24, 2.45) is 0 Å². The highest BCUT2D eigenvalue weighted by Gasteiger charge is 2.15. The Morgan fingerprint density at radius 1 is 0.656 bits per heavy atom. The van der Waals surface area contributed by atoms with Crippen LogP contribution in [0.15, 0.2) is 91.0 Å². The van der Waals surface area contributed by atoms with Crippen molar-refractivity contribution in [2.75, 3.05) is 13.2 Å². The minimum atomic E-state index is -0.326. The van der Waals surface area contributed by atoms with Crippen LogP contribution in [-0.4, -0.2) is 30.1 Å². The Labute approximate surface area is 189 Å². The number of carbonyl (C=O) groups is 2. The van der Waals surface area contributed by atoms with Gasteiger partial charge in [0.25, 0.3) is 0 Å². The largest absolute Gasteiger partial charge is 0.462 e. The van der Waals surface area contributed by atoms with Gasteiger partial charge in [-0.1, -0.05) is 78.9 Å². The van der Waals surface area contributed by atoms with Crippen LogP contribution >= 0.6 is 0 Å². The molecule has 0 saturated carbocycles. The van der Waals surface area contributed by atoms with Gasteiger partial charge in [-0.05, 0) is 42.5 Å². The zero-order chi connectivity index (χ0) is 22.4. The number of rotatable bonds is 11. The summed E-state index contributed by atoms with van der Waals surface area (Å²) in [7, 11) is 0. The van der Waals surface area contributed by atoms with Gasteiger partial charge >= 0.3 is 12.1 Å². The highest BCUT2D eigenvalue weighted by Crippen LogP contribution is 2.11. The fourth-order valence-corrected chi connectivity index (χ4v) is 3.25. The van der Waals surface area contributed by atoms with E-state index in [1.165, 1.54) is 0 Å². The van der Waals surface area contributed by atoms with E-state index in [1.54, 1.807) is 17.0 Å². The third kappa shape index (κ3) is 7.91. The molecule has 0 heterocycles. The van der Waals surface area contributed by atoms with E-state index in [0.717, 1.165) is 30.4 Å². The molecule has 0 N–H and O–H groups in total. The molecule has 0 atom stereocenters. The van der Waals surface area contributed by atoms with Crippen molar-refractivity contribution in [2.45, 2.75) is 32.4 Å². The number of unbranched alkanes of at least 4 members (excludes halogenated alkanes) is 2. The number of ether oxygens (including phenoxy) is 2. The second kappa shape index (κ2) is 13.0. The van der Waals surface area contributed by atoms with Gasteiger partial charge in [0, 0.05) is 13.1 Å². The molecule has 3 rings (SSSR count). The molecular weight excluding hydrogens is 402 g/mol. The van der Waals surface area contributed by atoms with Crippen LogP contribution in [0.1, 0.15) is 40.7 Å². The van der Waals surface area contributed by atoms with Gasteiger partial charge in [-0.2, -0.15) is 0 Å². The molecule has 0 aliphatic carbocycles. The van der Waals surface area contributed by atoms with Crippen LogP contribution in [0.25, 0.3) is 0 Å². The molecule has 0 spiro atoms. The van der Waals surface area contributed by atoms with E-state index in [4.69, 9.17) is 9.47 Å². The van der Waals surface area contributed by atoms with Gasteiger partial charge in [-0.25, -0.2) is 9.59 Å².